The molecule has 6 heteroatoms. The van der Waals surface area contributed by atoms with Crippen LogP contribution in [0.4, 0.5) is 0 Å². The molecule has 1 unspecified atom stereocenters. The van der Waals surface area contributed by atoms with Crippen molar-refractivity contribution in [3.8, 4) is 0 Å². The van der Waals surface area contributed by atoms with Crippen LogP contribution in [0.25, 0.3) is 0 Å². The van der Waals surface area contributed by atoms with Crippen molar-refractivity contribution in [2.75, 3.05) is 0 Å². The van der Waals surface area contributed by atoms with Gasteiger partial charge in [-0.2, -0.15) is 0 Å². The van der Waals surface area contributed by atoms with Crippen molar-refractivity contribution in [3.63, 3.8) is 0 Å². The molecule has 0 saturated heterocycles. The van der Waals surface area contributed by atoms with E-state index >= 15 is 0 Å². The van der Waals surface area contributed by atoms with Crippen molar-refractivity contribution in [3.05, 3.63) is 46.7 Å². The molecule has 1 atom stereocenters. The number of H-pyrrole nitrogens is 1. The third-order valence-corrected chi connectivity index (χ3v) is 2.70. The normalized spacial score (nSPS) is 12.1. The Bertz CT molecular complexity index is 512. The second-order valence-corrected chi connectivity index (χ2v) is 4.35. The highest BCUT2D eigenvalue weighted by Gasteiger charge is 2.13. The van der Waals surface area contributed by atoms with E-state index in [-0.39, 0.29) is 11.9 Å². The van der Waals surface area contributed by atoms with Crippen LogP contribution in [0.2, 0.25) is 0 Å². The number of hydrogen-bond acceptors (Lipinski definition) is 3. The summed E-state index contributed by atoms with van der Waals surface area (Å²) in [5.41, 5.74) is 0.560. The zero-order valence-electron chi connectivity index (χ0n) is 9.14. The van der Waals surface area contributed by atoms with Crippen molar-refractivity contribution < 1.29 is 4.79 Å². The van der Waals surface area contributed by atoms with Gasteiger partial charge in [-0.3, -0.25) is 4.79 Å². The predicted octanol–water partition coefficient (Wildman–Crippen LogP) is 2.06. The van der Waals surface area contributed by atoms with Crippen molar-refractivity contribution >= 4 is 21.8 Å². The average molecular weight is 295 g/mol. The number of imidazole rings is 1. The van der Waals surface area contributed by atoms with Gasteiger partial charge in [0.2, 0.25) is 0 Å². The van der Waals surface area contributed by atoms with E-state index in [0.717, 1.165) is 5.82 Å². The maximum Gasteiger partial charge on any atom is 0.252 e. The molecule has 0 radical (unpaired) electrons. The summed E-state index contributed by atoms with van der Waals surface area (Å²) < 4.78 is 0.635. The van der Waals surface area contributed by atoms with Crippen LogP contribution in [0.1, 0.15) is 29.1 Å². The van der Waals surface area contributed by atoms with Crippen LogP contribution in [0.5, 0.6) is 0 Å². The van der Waals surface area contributed by atoms with Gasteiger partial charge < -0.3 is 10.3 Å². The number of pyridine rings is 1. The van der Waals surface area contributed by atoms with Gasteiger partial charge in [-0.15, -0.1) is 0 Å². The van der Waals surface area contributed by atoms with E-state index in [1.807, 2.05) is 6.92 Å². The van der Waals surface area contributed by atoms with Gasteiger partial charge in [-0.1, -0.05) is 0 Å². The molecule has 0 saturated carbocycles. The van der Waals surface area contributed by atoms with Gasteiger partial charge in [0.05, 0.1) is 6.04 Å². The highest BCUT2D eigenvalue weighted by molar-refractivity contribution is 9.10. The van der Waals surface area contributed by atoms with Crippen LogP contribution in [-0.4, -0.2) is 20.9 Å². The van der Waals surface area contributed by atoms with Gasteiger partial charge in [-0.05, 0) is 35.0 Å². The molecule has 17 heavy (non-hydrogen) atoms. The number of carbonyl (C=O) groups is 1. The van der Waals surface area contributed by atoms with E-state index in [0.29, 0.717) is 10.2 Å². The Morgan fingerprint density at radius 2 is 2.29 bits per heavy atom. The molecule has 1 amide bonds. The summed E-state index contributed by atoms with van der Waals surface area (Å²) in [4.78, 5) is 22.9. The molecule has 0 fully saturated rings. The molecule has 2 heterocycles. The number of aromatic amines is 1. The van der Waals surface area contributed by atoms with E-state index in [2.05, 4.69) is 36.2 Å². The Morgan fingerprint density at radius 3 is 2.94 bits per heavy atom. The van der Waals surface area contributed by atoms with Gasteiger partial charge >= 0.3 is 0 Å². The summed E-state index contributed by atoms with van der Waals surface area (Å²) >= 11 is 3.23. The van der Waals surface area contributed by atoms with E-state index in [9.17, 15) is 4.79 Å². The Hall–Kier alpha value is -1.69. The second kappa shape index (κ2) is 5.09. The average Bonchev–Trinajstić information content (AvgIpc) is 2.82. The van der Waals surface area contributed by atoms with Gasteiger partial charge in [-0.25, -0.2) is 9.97 Å². The van der Waals surface area contributed by atoms with Crippen molar-refractivity contribution in [1.29, 1.82) is 0 Å². The van der Waals surface area contributed by atoms with Gasteiger partial charge in [0, 0.05) is 24.2 Å². The smallest absolute Gasteiger partial charge is 0.252 e. The number of amides is 1. The monoisotopic (exact) mass is 294 g/mol. The predicted molar refractivity (Wildman–Crippen MR) is 66.4 cm³/mol. The summed E-state index contributed by atoms with van der Waals surface area (Å²) in [7, 11) is 0. The fraction of sp³-hybridized carbons (Fsp3) is 0.182. The van der Waals surface area contributed by atoms with Crippen molar-refractivity contribution in [2.24, 2.45) is 0 Å². The minimum absolute atomic E-state index is 0.156. The number of rotatable bonds is 3. The standard InChI is InChI=1S/C11H11BrN4O/c1-7(10-14-4-5-15-10)16-11(17)8-2-3-13-9(12)6-8/h2-7H,1H3,(H,14,15)(H,16,17). The molecule has 88 valence electrons. The van der Waals surface area contributed by atoms with Crippen molar-refractivity contribution in [2.45, 2.75) is 13.0 Å². The number of nitrogens with zero attached hydrogens (tertiary/aromatic N) is 2. The fourth-order valence-electron chi connectivity index (χ4n) is 1.41. The SMILES string of the molecule is CC(NC(=O)c1ccnc(Br)c1)c1ncc[nH]1. The number of aromatic nitrogens is 3. The van der Waals surface area contributed by atoms with E-state index < -0.39 is 0 Å². The number of nitrogens with one attached hydrogen (secondary N) is 2. The molecule has 0 spiro atoms. The van der Waals surface area contributed by atoms with Gasteiger partial charge in [0.1, 0.15) is 10.4 Å². The zero-order chi connectivity index (χ0) is 12.3. The molecular formula is C11H11BrN4O. The summed E-state index contributed by atoms with van der Waals surface area (Å²) in [5, 5.41) is 2.84. The largest absolute Gasteiger partial charge is 0.347 e. The van der Waals surface area contributed by atoms with Gasteiger partial charge in [0.15, 0.2) is 0 Å². The van der Waals surface area contributed by atoms with Gasteiger partial charge in [0.25, 0.3) is 5.91 Å². The Morgan fingerprint density at radius 1 is 1.47 bits per heavy atom. The third kappa shape index (κ3) is 2.91. The highest BCUT2D eigenvalue weighted by atomic mass is 79.9. The molecule has 0 aromatic carbocycles. The number of halogens is 1. The first kappa shape index (κ1) is 11.8. The Balaban J connectivity index is 2.07. The minimum atomic E-state index is -0.163. The lowest BCUT2D eigenvalue weighted by Crippen LogP contribution is -2.27. The number of hydrogen-bond donors (Lipinski definition) is 2. The highest BCUT2D eigenvalue weighted by Crippen LogP contribution is 2.10. The van der Waals surface area contributed by atoms with E-state index in [1.54, 1.807) is 30.7 Å². The molecule has 2 N–H and O–H groups in total. The van der Waals surface area contributed by atoms with E-state index in [1.165, 1.54) is 0 Å². The summed E-state index contributed by atoms with van der Waals surface area (Å²) in [6.07, 6.45) is 4.96. The lowest BCUT2D eigenvalue weighted by molar-refractivity contribution is 0.0938. The van der Waals surface area contributed by atoms with Crippen LogP contribution in [0, 0.1) is 0 Å². The molecule has 0 aliphatic carbocycles. The molecule has 2 aromatic rings. The fourth-order valence-corrected chi connectivity index (χ4v) is 1.77. The third-order valence-electron chi connectivity index (χ3n) is 2.27. The molecular weight excluding hydrogens is 284 g/mol. The molecule has 2 rings (SSSR count). The lowest BCUT2D eigenvalue weighted by atomic mass is 10.2. The summed E-state index contributed by atoms with van der Waals surface area (Å²) in [6, 6.07) is 3.17. The maximum atomic E-state index is 11.9. The molecule has 2 aromatic heterocycles. The van der Waals surface area contributed by atoms with Crippen LogP contribution in [0.15, 0.2) is 35.3 Å². The lowest BCUT2D eigenvalue weighted by Gasteiger charge is -2.11. The Labute approximate surface area is 107 Å². The molecule has 0 aliphatic rings. The first-order chi connectivity index (χ1) is 8.16. The molecule has 5 nitrogen and oxygen atoms in total. The topological polar surface area (TPSA) is 70.7 Å². The van der Waals surface area contributed by atoms with Crippen LogP contribution in [0.3, 0.4) is 0 Å². The first-order valence-corrected chi connectivity index (χ1v) is 5.88. The number of carbonyl (C=O) groups excluding carboxylic acids is 1. The zero-order valence-corrected chi connectivity index (χ0v) is 10.7. The van der Waals surface area contributed by atoms with Crippen LogP contribution < -0.4 is 5.32 Å². The summed E-state index contributed by atoms with van der Waals surface area (Å²) in [5.74, 6) is 0.573. The molecule has 0 aliphatic heterocycles. The minimum Gasteiger partial charge on any atom is -0.347 e. The van der Waals surface area contributed by atoms with E-state index in [4.69, 9.17) is 0 Å². The molecule has 0 bridgehead atoms. The quantitative estimate of drug-likeness (QED) is 0.851. The second-order valence-electron chi connectivity index (χ2n) is 3.54. The van der Waals surface area contributed by atoms with Crippen molar-refractivity contribution in [1.82, 2.24) is 20.3 Å². The Kier molecular flexibility index (Phi) is 3.53. The first-order valence-electron chi connectivity index (χ1n) is 5.08. The summed E-state index contributed by atoms with van der Waals surface area (Å²) in [6.45, 7) is 1.87. The maximum absolute atomic E-state index is 11.9. The van der Waals surface area contributed by atoms with Crippen LogP contribution >= 0.6 is 15.9 Å². The van der Waals surface area contributed by atoms with Crippen LogP contribution in [-0.2, 0) is 0 Å².